The number of amides is 2. The van der Waals surface area contributed by atoms with Crippen molar-refractivity contribution >= 4 is 17.9 Å². The number of aliphatic hydroxyl groups excluding tert-OH is 1. The van der Waals surface area contributed by atoms with Crippen LogP contribution in [0.25, 0.3) is 6.08 Å². The van der Waals surface area contributed by atoms with Gasteiger partial charge in [0, 0.05) is 19.2 Å². The molecule has 2 amide bonds. The molecule has 1 aromatic carbocycles. The molecule has 2 rings (SSSR count). The third-order valence-corrected chi connectivity index (χ3v) is 3.77. The van der Waals surface area contributed by atoms with E-state index in [1.54, 1.807) is 0 Å². The van der Waals surface area contributed by atoms with E-state index in [4.69, 9.17) is 4.74 Å². The molecule has 1 aliphatic rings. The second-order valence-electron chi connectivity index (χ2n) is 5.50. The van der Waals surface area contributed by atoms with Crippen LogP contribution >= 0.6 is 0 Å². The molecular weight excluding hydrogens is 379 g/mol. The maximum absolute atomic E-state index is 13.5. The van der Waals surface area contributed by atoms with E-state index in [2.05, 4.69) is 5.32 Å². The number of nitrogens with one attached hydrogen (secondary N) is 1. The molecule has 0 bridgehead atoms. The molecule has 0 spiro atoms. The quantitative estimate of drug-likeness (QED) is 0.334. The van der Waals surface area contributed by atoms with E-state index in [-0.39, 0.29) is 26.3 Å². The maximum atomic E-state index is 13.5. The maximum Gasteiger partial charge on any atom is 0.247 e. The van der Waals surface area contributed by atoms with Crippen molar-refractivity contribution in [2.24, 2.45) is 0 Å². The number of rotatable bonds is 5. The fraction of sp³-hybridized carbons (Fsp3) is 0.375. The first-order chi connectivity index (χ1) is 12.8. The molecule has 1 fully saturated rings. The average Bonchev–Trinajstić information content (AvgIpc) is 2.69. The Hall–Kier alpha value is -2.53. The smallest absolute Gasteiger partial charge is 0.247 e. The molecule has 1 heterocycles. The number of nitrogens with zero attached hydrogens (tertiary/aromatic N) is 1. The summed E-state index contributed by atoms with van der Waals surface area (Å²) in [5, 5.41) is 11.4. The van der Waals surface area contributed by atoms with Gasteiger partial charge in [-0.25, -0.2) is 22.0 Å². The van der Waals surface area contributed by atoms with Gasteiger partial charge in [-0.05, 0) is 6.08 Å². The minimum atomic E-state index is -2.32. The van der Waals surface area contributed by atoms with E-state index in [1.165, 1.54) is 4.90 Å². The van der Waals surface area contributed by atoms with Crippen LogP contribution in [-0.4, -0.2) is 60.8 Å². The highest BCUT2D eigenvalue weighted by Crippen LogP contribution is 2.23. The molecule has 1 atom stereocenters. The number of halogens is 5. The molecule has 2 N–H and O–H groups in total. The fourth-order valence-electron chi connectivity index (χ4n) is 2.34. The van der Waals surface area contributed by atoms with Crippen LogP contribution in [0.15, 0.2) is 6.08 Å². The zero-order valence-corrected chi connectivity index (χ0v) is 13.8. The fourth-order valence-corrected chi connectivity index (χ4v) is 2.34. The van der Waals surface area contributed by atoms with Gasteiger partial charge in [-0.3, -0.25) is 9.59 Å². The molecule has 148 valence electrons. The summed E-state index contributed by atoms with van der Waals surface area (Å²) in [6, 6.07) is -1.34. The van der Waals surface area contributed by atoms with Gasteiger partial charge in [-0.15, -0.1) is 0 Å². The Morgan fingerprint density at radius 1 is 1.04 bits per heavy atom. The van der Waals surface area contributed by atoms with Crippen molar-refractivity contribution < 1.29 is 41.4 Å². The Morgan fingerprint density at radius 2 is 1.56 bits per heavy atom. The van der Waals surface area contributed by atoms with Crippen molar-refractivity contribution in [1.29, 1.82) is 0 Å². The summed E-state index contributed by atoms with van der Waals surface area (Å²) in [7, 11) is 0. The second kappa shape index (κ2) is 8.91. The summed E-state index contributed by atoms with van der Waals surface area (Å²) in [6.45, 7) is 0.339. The van der Waals surface area contributed by atoms with Crippen molar-refractivity contribution in [2.45, 2.75) is 6.04 Å². The van der Waals surface area contributed by atoms with Gasteiger partial charge in [-0.2, -0.15) is 0 Å². The lowest BCUT2D eigenvalue weighted by Gasteiger charge is -2.29. The van der Waals surface area contributed by atoms with Crippen LogP contribution in [-0.2, 0) is 14.3 Å². The molecule has 0 aliphatic carbocycles. The predicted octanol–water partition coefficient (Wildman–Crippen LogP) is 0.731. The van der Waals surface area contributed by atoms with Crippen molar-refractivity contribution in [3.8, 4) is 0 Å². The lowest BCUT2D eigenvalue weighted by molar-refractivity contribution is -0.140. The lowest BCUT2D eigenvalue weighted by Crippen LogP contribution is -2.53. The van der Waals surface area contributed by atoms with E-state index in [0.29, 0.717) is 12.2 Å². The van der Waals surface area contributed by atoms with Gasteiger partial charge >= 0.3 is 0 Å². The Labute approximate surface area is 150 Å². The van der Waals surface area contributed by atoms with Crippen molar-refractivity contribution in [1.82, 2.24) is 10.2 Å². The van der Waals surface area contributed by atoms with Crippen LogP contribution in [0.4, 0.5) is 22.0 Å². The first kappa shape index (κ1) is 20.8. The molecule has 1 saturated heterocycles. The third kappa shape index (κ3) is 4.61. The van der Waals surface area contributed by atoms with Gasteiger partial charge < -0.3 is 20.1 Å². The minimum Gasteiger partial charge on any atom is -0.394 e. The van der Waals surface area contributed by atoms with E-state index < -0.39 is 59.1 Å². The Bertz CT molecular complexity index is 737. The van der Waals surface area contributed by atoms with Crippen LogP contribution in [0.1, 0.15) is 5.56 Å². The van der Waals surface area contributed by atoms with Crippen LogP contribution in [0.2, 0.25) is 0 Å². The number of morpholine rings is 1. The van der Waals surface area contributed by atoms with Crippen LogP contribution in [0.3, 0.4) is 0 Å². The number of carbonyl (C=O) groups excluding carboxylic acids is 2. The molecule has 11 heteroatoms. The van der Waals surface area contributed by atoms with Crippen molar-refractivity contribution in [3.63, 3.8) is 0 Å². The normalized spacial score (nSPS) is 15.9. The summed E-state index contributed by atoms with van der Waals surface area (Å²) in [5.74, 6) is -12.5. The second-order valence-corrected chi connectivity index (χ2v) is 5.50. The Morgan fingerprint density at radius 3 is 2.07 bits per heavy atom. The van der Waals surface area contributed by atoms with Gasteiger partial charge in [-0.1, -0.05) is 0 Å². The van der Waals surface area contributed by atoms with E-state index >= 15 is 0 Å². The highest BCUT2D eigenvalue weighted by atomic mass is 19.2. The van der Waals surface area contributed by atoms with Crippen LogP contribution in [0.5, 0.6) is 0 Å². The molecule has 0 radical (unpaired) electrons. The molecule has 1 aromatic rings. The zero-order valence-electron chi connectivity index (χ0n) is 13.8. The van der Waals surface area contributed by atoms with E-state index in [1.807, 2.05) is 0 Å². The summed E-state index contributed by atoms with van der Waals surface area (Å²) >= 11 is 0. The van der Waals surface area contributed by atoms with Gasteiger partial charge in [0.2, 0.25) is 17.6 Å². The molecule has 6 nitrogen and oxygen atoms in total. The summed E-state index contributed by atoms with van der Waals surface area (Å²) in [6.07, 6.45) is 0.882. The average molecular weight is 394 g/mol. The summed E-state index contributed by atoms with van der Waals surface area (Å²) in [5.41, 5.74) is -1.30. The van der Waals surface area contributed by atoms with E-state index in [0.717, 1.165) is 0 Å². The first-order valence-corrected chi connectivity index (χ1v) is 7.75. The van der Waals surface area contributed by atoms with Gasteiger partial charge in [0.25, 0.3) is 0 Å². The molecular formula is C16H15F5N2O4. The first-order valence-electron chi connectivity index (χ1n) is 7.75. The zero-order chi connectivity index (χ0) is 20.1. The summed E-state index contributed by atoms with van der Waals surface area (Å²) < 4.78 is 71.3. The monoisotopic (exact) mass is 394 g/mol. The van der Waals surface area contributed by atoms with Crippen molar-refractivity contribution in [2.75, 3.05) is 32.9 Å². The number of hydrogen-bond acceptors (Lipinski definition) is 4. The van der Waals surface area contributed by atoms with E-state index in [9.17, 15) is 36.6 Å². The Kier molecular flexibility index (Phi) is 6.86. The molecule has 27 heavy (non-hydrogen) atoms. The predicted molar refractivity (Wildman–Crippen MR) is 81.7 cm³/mol. The molecule has 0 unspecified atom stereocenters. The highest BCUT2D eigenvalue weighted by molar-refractivity contribution is 5.95. The lowest BCUT2D eigenvalue weighted by atomic mass is 10.1. The number of hydrogen-bond donors (Lipinski definition) is 2. The third-order valence-electron chi connectivity index (χ3n) is 3.77. The standard InChI is InChI=1S/C16H15F5N2O4/c17-11-8(12(18)14(20)15(21)13(11)19)1-2-10(25)22-9(7-24)16(26)23-3-5-27-6-4-23/h1-2,9,24H,3-7H2,(H,22,25)/t9-/m0/s1. The number of carbonyl (C=O) groups is 2. The van der Waals surface area contributed by atoms with Crippen LogP contribution < -0.4 is 5.32 Å². The number of ether oxygens (including phenoxy) is 1. The number of aliphatic hydroxyl groups is 1. The summed E-state index contributed by atoms with van der Waals surface area (Å²) in [4.78, 5) is 25.4. The molecule has 0 saturated carbocycles. The minimum absolute atomic E-state index is 0.256. The Balaban J connectivity index is 2.11. The van der Waals surface area contributed by atoms with Crippen LogP contribution in [0, 0.1) is 29.1 Å². The molecule has 0 aromatic heterocycles. The molecule has 1 aliphatic heterocycles. The largest absolute Gasteiger partial charge is 0.394 e. The van der Waals surface area contributed by atoms with Gasteiger partial charge in [0.05, 0.1) is 25.4 Å². The van der Waals surface area contributed by atoms with Gasteiger partial charge in [0.1, 0.15) is 6.04 Å². The highest BCUT2D eigenvalue weighted by Gasteiger charge is 2.27. The van der Waals surface area contributed by atoms with Crippen molar-refractivity contribution in [3.05, 3.63) is 40.7 Å². The topological polar surface area (TPSA) is 78.9 Å². The number of benzene rings is 1. The van der Waals surface area contributed by atoms with Gasteiger partial charge in [0.15, 0.2) is 23.3 Å². The SMILES string of the molecule is O=C(C=Cc1c(F)c(F)c(F)c(F)c1F)N[C@@H](CO)C(=O)N1CCOCC1.